The smallest absolute Gasteiger partial charge is 0.0465 e. The molecule has 7 N–H and O–H groups in total. The Balaban J connectivity index is -0.0000000800. The van der Waals surface area contributed by atoms with Crippen LogP contribution >= 0.6 is 0 Å². The zero-order valence-corrected chi connectivity index (χ0v) is 4.56. The Morgan fingerprint density at radius 1 is 1.43 bits per heavy atom. The molecule has 0 aromatic carbocycles. The van der Waals surface area contributed by atoms with Crippen molar-refractivity contribution >= 4 is 0 Å². The number of hydrogen-bond donors (Lipinski definition) is 3. The van der Waals surface area contributed by atoms with Crippen LogP contribution in [-0.2, 0) is 0 Å². The van der Waals surface area contributed by atoms with Gasteiger partial charge in [0.1, 0.15) is 0 Å². The number of aliphatic hydroxyl groups is 1. The Bertz CT molecular complexity index is 30.9. The zero-order valence-electron chi connectivity index (χ0n) is 4.56. The van der Waals surface area contributed by atoms with Crippen LogP contribution in [0.25, 0.3) is 0 Å². The van der Waals surface area contributed by atoms with Crippen LogP contribution in [0.1, 0.15) is 6.42 Å². The molecule has 0 aromatic heterocycles. The topological polar surface area (TPSA) is 90.2 Å². The predicted molar refractivity (Wildman–Crippen MR) is 31.9 cm³/mol. The molecule has 3 nitrogen and oxygen atoms in total. The third kappa shape index (κ3) is 28.1. The fraction of sp³-hybridized carbons (Fsp3) is 0.500. The van der Waals surface area contributed by atoms with E-state index in [1.807, 2.05) is 0 Å². The van der Waals surface area contributed by atoms with Crippen LogP contribution in [-0.4, -0.2) is 11.7 Å². The lowest BCUT2D eigenvalue weighted by Crippen LogP contribution is -1.71. The van der Waals surface area contributed by atoms with Gasteiger partial charge in [0.05, 0.1) is 0 Å². The molecule has 0 heterocycles. The van der Waals surface area contributed by atoms with Crippen molar-refractivity contribution in [1.82, 2.24) is 12.3 Å². The fourth-order valence-electron chi connectivity index (χ4n) is 0.0913. The van der Waals surface area contributed by atoms with E-state index in [0.717, 1.165) is 0 Å². The zero-order chi connectivity index (χ0) is 4.12. The van der Waals surface area contributed by atoms with E-state index < -0.39 is 0 Å². The van der Waals surface area contributed by atoms with E-state index >= 15 is 0 Å². The fourth-order valence-corrected chi connectivity index (χ4v) is 0.0913. The standard InChI is InChI=1S/C4H8O.2H3N/c1-2-3-4-5;;/h2,5H,1,3-4H2;2*1H3. The lowest BCUT2D eigenvalue weighted by atomic mass is 10.5. The summed E-state index contributed by atoms with van der Waals surface area (Å²) in [4.78, 5) is 0. The second-order valence-electron chi connectivity index (χ2n) is 0.801. The Morgan fingerprint density at radius 3 is 1.86 bits per heavy atom. The highest BCUT2D eigenvalue weighted by Gasteiger charge is 1.62. The molecule has 7 heavy (non-hydrogen) atoms. The van der Waals surface area contributed by atoms with E-state index in [1.165, 1.54) is 0 Å². The van der Waals surface area contributed by atoms with Crippen molar-refractivity contribution in [2.24, 2.45) is 0 Å². The van der Waals surface area contributed by atoms with E-state index in [4.69, 9.17) is 5.11 Å². The highest BCUT2D eigenvalue weighted by atomic mass is 16.2. The summed E-state index contributed by atoms with van der Waals surface area (Å²) in [5, 5.41) is 8.00. The molecule has 0 atom stereocenters. The van der Waals surface area contributed by atoms with Crippen LogP contribution < -0.4 is 12.3 Å². The SMILES string of the molecule is C=CCCO.N.N. The van der Waals surface area contributed by atoms with E-state index in [2.05, 4.69) is 6.58 Å². The lowest BCUT2D eigenvalue weighted by molar-refractivity contribution is 0.303. The minimum Gasteiger partial charge on any atom is -0.396 e. The first kappa shape index (κ1) is 16.0. The molecule has 0 aromatic rings. The maximum Gasteiger partial charge on any atom is 0.0465 e. The average molecular weight is 106 g/mol. The Morgan fingerprint density at radius 2 is 1.86 bits per heavy atom. The van der Waals surface area contributed by atoms with Gasteiger partial charge in [0.2, 0.25) is 0 Å². The number of aliphatic hydroxyl groups excluding tert-OH is 1. The van der Waals surface area contributed by atoms with Crippen molar-refractivity contribution in [3.8, 4) is 0 Å². The summed E-state index contributed by atoms with van der Waals surface area (Å²) in [6, 6.07) is 0. The third-order valence-corrected chi connectivity index (χ3v) is 0.333. The van der Waals surface area contributed by atoms with Gasteiger partial charge in [-0.2, -0.15) is 0 Å². The van der Waals surface area contributed by atoms with Gasteiger partial charge < -0.3 is 17.4 Å². The monoisotopic (exact) mass is 106 g/mol. The highest BCUT2D eigenvalue weighted by molar-refractivity contribution is 4.63. The first-order chi connectivity index (χ1) is 2.41. The summed E-state index contributed by atoms with van der Waals surface area (Å²) in [6.07, 6.45) is 2.39. The first-order valence-corrected chi connectivity index (χ1v) is 1.63. The van der Waals surface area contributed by atoms with Gasteiger partial charge in [-0.05, 0) is 6.42 Å². The average Bonchev–Trinajstić information content (AvgIpc) is 1.41. The summed E-state index contributed by atoms with van der Waals surface area (Å²) in [6.45, 7) is 3.62. The third-order valence-electron chi connectivity index (χ3n) is 0.333. The molecule has 0 unspecified atom stereocenters. The normalized spacial score (nSPS) is 5.29. The van der Waals surface area contributed by atoms with Crippen LogP contribution in [0.15, 0.2) is 12.7 Å². The van der Waals surface area contributed by atoms with E-state index in [-0.39, 0.29) is 18.9 Å². The quantitative estimate of drug-likeness (QED) is 0.456. The molecule has 0 aliphatic heterocycles. The van der Waals surface area contributed by atoms with E-state index in [0.29, 0.717) is 6.42 Å². The predicted octanol–water partition coefficient (Wildman–Crippen LogP) is 0.879. The molecular weight excluding hydrogens is 92.1 g/mol. The van der Waals surface area contributed by atoms with Crippen LogP contribution in [0, 0.1) is 0 Å². The molecule has 0 saturated carbocycles. The molecule has 0 aliphatic rings. The van der Waals surface area contributed by atoms with E-state index in [1.54, 1.807) is 6.08 Å². The van der Waals surface area contributed by atoms with Gasteiger partial charge in [0.25, 0.3) is 0 Å². The van der Waals surface area contributed by atoms with Gasteiger partial charge >= 0.3 is 0 Å². The van der Waals surface area contributed by atoms with Crippen molar-refractivity contribution in [3.05, 3.63) is 12.7 Å². The summed E-state index contributed by atoms with van der Waals surface area (Å²) in [7, 11) is 0. The summed E-state index contributed by atoms with van der Waals surface area (Å²) < 4.78 is 0. The second-order valence-corrected chi connectivity index (χ2v) is 0.801. The van der Waals surface area contributed by atoms with Crippen LogP contribution in [0.5, 0.6) is 0 Å². The Labute approximate surface area is 44.2 Å². The molecule has 0 saturated heterocycles. The van der Waals surface area contributed by atoms with Gasteiger partial charge in [0, 0.05) is 6.61 Å². The molecule has 0 rings (SSSR count). The molecule has 0 amide bonds. The maximum atomic E-state index is 8.00. The van der Waals surface area contributed by atoms with Crippen LogP contribution in [0.4, 0.5) is 0 Å². The molecular formula is C4H14N2O. The summed E-state index contributed by atoms with van der Waals surface area (Å²) >= 11 is 0. The second kappa shape index (κ2) is 17.5. The van der Waals surface area contributed by atoms with Crippen molar-refractivity contribution in [2.45, 2.75) is 6.42 Å². The molecule has 3 heteroatoms. The van der Waals surface area contributed by atoms with Crippen molar-refractivity contribution in [1.29, 1.82) is 0 Å². The lowest BCUT2D eigenvalue weighted by Gasteiger charge is -1.73. The van der Waals surface area contributed by atoms with E-state index in [9.17, 15) is 0 Å². The van der Waals surface area contributed by atoms with Gasteiger partial charge in [-0.3, -0.25) is 0 Å². The number of rotatable bonds is 2. The summed E-state index contributed by atoms with van der Waals surface area (Å²) in [5.41, 5.74) is 0. The molecule has 0 spiro atoms. The first-order valence-electron chi connectivity index (χ1n) is 1.63. The van der Waals surface area contributed by atoms with Crippen molar-refractivity contribution < 1.29 is 5.11 Å². The maximum absolute atomic E-state index is 8.00. The molecule has 0 fully saturated rings. The van der Waals surface area contributed by atoms with Gasteiger partial charge in [-0.15, -0.1) is 6.58 Å². The van der Waals surface area contributed by atoms with Gasteiger partial charge in [-0.25, -0.2) is 0 Å². The largest absolute Gasteiger partial charge is 0.396 e. The minimum atomic E-state index is 0. The molecule has 0 aliphatic carbocycles. The van der Waals surface area contributed by atoms with Crippen molar-refractivity contribution in [2.75, 3.05) is 6.61 Å². The Kier molecular flexibility index (Phi) is 39.8. The Hall–Kier alpha value is -0.380. The van der Waals surface area contributed by atoms with Gasteiger partial charge in [0.15, 0.2) is 0 Å². The molecule has 46 valence electrons. The summed E-state index contributed by atoms with van der Waals surface area (Å²) in [5.74, 6) is 0. The van der Waals surface area contributed by atoms with Crippen molar-refractivity contribution in [3.63, 3.8) is 0 Å². The molecule has 0 bridgehead atoms. The molecule has 0 radical (unpaired) electrons. The van der Waals surface area contributed by atoms with Crippen LogP contribution in [0.3, 0.4) is 0 Å². The highest BCUT2D eigenvalue weighted by Crippen LogP contribution is 1.69. The van der Waals surface area contributed by atoms with Crippen LogP contribution in [0.2, 0.25) is 0 Å². The minimum absolute atomic E-state index is 0. The number of hydrogen-bond acceptors (Lipinski definition) is 3. The van der Waals surface area contributed by atoms with Gasteiger partial charge in [-0.1, -0.05) is 6.08 Å².